The van der Waals surface area contributed by atoms with E-state index in [9.17, 15) is 4.79 Å². The molecule has 2 rings (SSSR count). The molecule has 1 amide bonds. The minimum Gasteiger partial charge on any atom is -0.396 e. The van der Waals surface area contributed by atoms with Crippen LogP contribution in [0.15, 0.2) is 24.3 Å². The average Bonchev–Trinajstić information content (AvgIpc) is 2.48. The van der Waals surface area contributed by atoms with Crippen molar-refractivity contribution in [3.8, 4) is 6.07 Å². The van der Waals surface area contributed by atoms with Crippen LogP contribution in [0.3, 0.4) is 0 Å². The number of nitrogens with zero attached hydrogens (tertiary/aromatic N) is 2. The van der Waals surface area contributed by atoms with Gasteiger partial charge in [-0.15, -0.1) is 0 Å². The highest BCUT2D eigenvalue weighted by molar-refractivity contribution is 5.93. The maximum Gasteiger partial charge on any atom is 0.238 e. The second-order valence-corrected chi connectivity index (χ2v) is 5.46. The van der Waals surface area contributed by atoms with Gasteiger partial charge >= 0.3 is 0 Å². The average molecular weight is 287 g/mol. The van der Waals surface area contributed by atoms with Gasteiger partial charge < -0.3 is 10.4 Å². The lowest BCUT2D eigenvalue weighted by Gasteiger charge is -2.31. The Kier molecular flexibility index (Phi) is 5.73. The number of nitriles is 1. The molecule has 1 aromatic rings. The van der Waals surface area contributed by atoms with E-state index >= 15 is 0 Å². The van der Waals surface area contributed by atoms with Gasteiger partial charge in [0, 0.05) is 13.2 Å². The number of likely N-dealkylation sites (tertiary alicyclic amines) is 1. The van der Waals surface area contributed by atoms with Crippen LogP contribution in [-0.4, -0.2) is 42.2 Å². The lowest BCUT2D eigenvalue weighted by molar-refractivity contribution is -0.117. The molecule has 2 N–H and O–H groups in total. The van der Waals surface area contributed by atoms with Crippen LogP contribution in [0.1, 0.15) is 24.8 Å². The SMILES string of the molecule is N#Cc1ccccc1NC(=O)CN1CCCC(CCO)C1. The first-order valence-electron chi connectivity index (χ1n) is 7.35. The molecule has 1 aliphatic rings. The van der Waals surface area contributed by atoms with Gasteiger partial charge in [0.25, 0.3) is 0 Å². The molecule has 0 bridgehead atoms. The summed E-state index contributed by atoms with van der Waals surface area (Å²) in [6, 6.07) is 9.07. The molecule has 1 atom stereocenters. The van der Waals surface area contributed by atoms with Gasteiger partial charge in [0.15, 0.2) is 0 Å². The Balaban J connectivity index is 1.88. The molecule has 0 spiro atoms. The van der Waals surface area contributed by atoms with Gasteiger partial charge in [-0.3, -0.25) is 9.69 Å². The first-order chi connectivity index (χ1) is 10.2. The molecule has 1 fully saturated rings. The molecule has 112 valence electrons. The predicted octanol–water partition coefficient (Wildman–Crippen LogP) is 1.59. The van der Waals surface area contributed by atoms with Crippen LogP contribution in [0.4, 0.5) is 5.69 Å². The fraction of sp³-hybridized carbons (Fsp3) is 0.500. The molecule has 0 aromatic heterocycles. The summed E-state index contributed by atoms with van der Waals surface area (Å²) in [6.45, 7) is 2.31. The van der Waals surface area contributed by atoms with Crippen molar-refractivity contribution >= 4 is 11.6 Å². The number of hydrogen-bond donors (Lipinski definition) is 2. The Labute approximate surface area is 125 Å². The Bertz CT molecular complexity index is 522. The molecule has 0 saturated carbocycles. The number of carbonyl (C=O) groups excluding carboxylic acids is 1. The number of hydrogen-bond acceptors (Lipinski definition) is 4. The van der Waals surface area contributed by atoms with Crippen molar-refractivity contribution < 1.29 is 9.90 Å². The summed E-state index contributed by atoms with van der Waals surface area (Å²) in [5, 5.41) is 20.8. The zero-order chi connectivity index (χ0) is 15.1. The van der Waals surface area contributed by atoms with Gasteiger partial charge in [-0.2, -0.15) is 5.26 Å². The first kappa shape index (κ1) is 15.5. The molecular weight excluding hydrogens is 266 g/mol. The largest absolute Gasteiger partial charge is 0.396 e. The fourth-order valence-corrected chi connectivity index (χ4v) is 2.80. The third kappa shape index (κ3) is 4.55. The predicted molar refractivity (Wildman–Crippen MR) is 80.7 cm³/mol. The third-order valence-electron chi connectivity index (χ3n) is 3.83. The Morgan fingerprint density at radius 3 is 3.05 bits per heavy atom. The first-order valence-corrected chi connectivity index (χ1v) is 7.35. The number of piperidine rings is 1. The van der Waals surface area contributed by atoms with E-state index in [1.165, 1.54) is 0 Å². The number of aliphatic hydroxyl groups is 1. The second kappa shape index (κ2) is 7.77. The van der Waals surface area contributed by atoms with Crippen LogP contribution in [0, 0.1) is 17.2 Å². The molecule has 0 aliphatic carbocycles. The quantitative estimate of drug-likeness (QED) is 0.862. The second-order valence-electron chi connectivity index (χ2n) is 5.46. The molecule has 1 aromatic carbocycles. The van der Waals surface area contributed by atoms with Gasteiger partial charge in [-0.1, -0.05) is 12.1 Å². The van der Waals surface area contributed by atoms with Gasteiger partial charge in [0.2, 0.25) is 5.91 Å². The summed E-state index contributed by atoms with van der Waals surface area (Å²) in [5.74, 6) is 0.380. The lowest BCUT2D eigenvalue weighted by Crippen LogP contribution is -2.40. The maximum atomic E-state index is 12.1. The van der Waals surface area contributed by atoms with E-state index in [1.54, 1.807) is 24.3 Å². The number of carbonyl (C=O) groups is 1. The van der Waals surface area contributed by atoms with E-state index < -0.39 is 0 Å². The highest BCUT2D eigenvalue weighted by Crippen LogP contribution is 2.19. The minimum absolute atomic E-state index is 0.0950. The van der Waals surface area contributed by atoms with Crippen molar-refractivity contribution in [1.29, 1.82) is 5.26 Å². The van der Waals surface area contributed by atoms with Gasteiger partial charge in [0.05, 0.1) is 17.8 Å². The smallest absolute Gasteiger partial charge is 0.238 e. The molecule has 1 heterocycles. The Morgan fingerprint density at radius 1 is 1.48 bits per heavy atom. The molecule has 1 aliphatic heterocycles. The monoisotopic (exact) mass is 287 g/mol. The highest BCUT2D eigenvalue weighted by atomic mass is 16.3. The Morgan fingerprint density at radius 2 is 2.29 bits per heavy atom. The van der Waals surface area contributed by atoms with Crippen molar-refractivity contribution in [2.45, 2.75) is 19.3 Å². The van der Waals surface area contributed by atoms with Gasteiger partial charge in [0.1, 0.15) is 6.07 Å². The number of rotatable bonds is 5. The van der Waals surface area contributed by atoms with Crippen LogP contribution < -0.4 is 5.32 Å². The molecule has 1 unspecified atom stereocenters. The van der Waals surface area contributed by atoms with E-state index in [1.807, 2.05) is 0 Å². The summed E-state index contributed by atoms with van der Waals surface area (Å²) in [7, 11) is 0. The lowest BCUT2D eigenvalue weighted by atomic mass is 9.95. The number of amides is 1. The van der Waals surface area contributed by atoms with Crippen molar-refractivity contribution in [3.63, 3.8) is 0 Å². The number of para-hydroxylation sites is 1. The summed E-state index contributed by atoms with van der Waals surface area (Å²) < 4.78 is 0. The standard InChI is InChI=1S/C16H21N3O2/c17-10-14-5-1-2-6-15(14)18-16(21)12-19-8-3-4-13(11-19)7-9-20/h1-2,5-6,13,20H,3-4,7-9,11-12H2,(H,18,21). The summed E-state index contributed by atoms with van der Waals surface area (Å²) >= 11 is 0. The van der Waals surface area contributed by atoms with Crippen molar-refractivity contribution in [2.24, 2.45) is 5.92 Å². The summed E-state index contributed by atoms with van der Waals surface area (Å²) in [6.07, 6.45) is 2.98. The van der Waals surface area contributed by atoms with E-state index in [-0.39, 0.29) is 12.5 Å². The van der Waals surface area contributed by atoms with E-state index in [0.717, 1.165) is 32.4 Å². The number of aliphatic hydroxyl groups excluding tert-OH is 1. The molecule has 5 nitrogen and oxygen atoms in total. The van der Waals surface area contributed by atoms with Crippen molar-refractivity contribution in [3.05, 3.63) is 29.8 Å². The summed E-state index contributed by atoms with van der Waals surface area (Å²) in [4.78, 5) is 14.2. The van der Waals surface area contributed by atoms with Crippen LogP contribution >= 0.6 is 0 Å². The minimum atomic E-state index is -0.0950. The summed E-state index contributed by atoms with van der Waals surface area (Å²) in [5.41, 5.74) is 1.04. The topological polar surface area (TPSA) is 76.4 Å². The zero-order valence-electron chi connectivity index (χ0n) is 12.1. The highest BCUT2D eigenvalue weighted by Gasteiger charge is 2.21. The van der Waals surface area contributed by atoms with Crippen LogP contribution in [0.2, 0.25) is 0 Å². The Hall–Kier alpha value is -1.90. The maximum absolute atomic E-state index is 12.1. The number of benzene rings is 1. The molecule has 21 heavy (non-hydrogen) atoms. The van der Waals surface area contributed by atoms with Gasteiger partial charge in [-0.25, -0.2) is 0 Å². The van der Waals surface area contributed by atoms with E-state index in [2.05, 4.69) is 16.3 Å². The molecular formula is C16H21N3O2. The molecule has 1 saturated heterocycles. The van der Waals surface area contributed by atoms with Crippen molar-refractivity contribution in [1.82, 2.24) is 4.90 Å². The van der Waals surface area contributed by atoms with Crippen LogP contribution in [-0.2, 0) is 4.79 Å². The van der Waals surface area contributed by atoms with Gasteiger partial charge in [-0.05, 0) is 43.9 Å². The molecule has 0 radical (unpaired) electrons. The van der Waals surface area contributed by atoms with Crippen molar-refractivity contribution in [2.75, 3.05) is 31.6 Å². The van der Waals surface area contributed by atoms with Crippen LogP contribution in [0.25, 0.3) is 0 Å². The molecule has 5 heteroatoms. The normalized spacial score (nSPS) is 19.0. The number of nitrogens with one attached hydrogen (secondary N) is 1. The fourth-order valence-electron chi connectivity index (χ4n) is 2.80. The zero-order valence-corrected chi connectivity index (χ0v) is 12.1. The third-order valence-corrected chi connectivity index (χ3v) is 3.83. The van der Waals surface area contributed by atoms with Crippen LogP contribution in [0.5, 0.6) is 0 Å². The number of anilines is 1. The van der Waals surface area contributed by atoms with E-state index in [4.69, 9.17) is 10.4 Å². The van der Waals surface area contributed by atoms with E-state index in [0.29, 0.717) is 23.7 Å².